The third kappa shape index (κ3) is 6.20. The van der Waals surface area contributed by atoms with Crippen LogP contribution in [-0.2, 0) is 24.2 Å². The van der Waals surface area contributed by atoms with Gasteiger partial charge in [-0.15, -0.1) is 11.3 Å². The van der Waals surface area contributed by atoms with Gasteiger partial charge in [0, 0.05) is 12.2 Å². The number of benzene rings is 2. The highest BCUT2D eigenvalue weighted by Gasteiger charge is 2.22. The summed E-state index contributed by atoms with van der Waals surface area (Å²) in [6, 6.07) is 19.6. The van der Waals surface area contributed by atoms with Gasteiger partial charge < -0.3 is 15.8 Å². The van der Waals surface area contributed by atoms with Crippen molar-refractivity contribution >= 4 is 17.4 Å². The van der Waals surface area contributed by atoms with E-state index in [-0.39, 0.29) is 18.7 Å². The molecule has 0 aliphatic carbocycles. The SMILES string of the molecule is N[C@@H](Cc1ccccc1)[C@H](Cc1ccccc1)NC(=O)OCc1cncs1. The van der Waals surface area contributed by atoms with E-state index in [9.17, 15) is 4.79 Å². The van der Waals surface area contributed by atoms with Crippen LogP contribution in [0.2, 0.25) is 0 Å². The van der Waals surface area contributed by atoms with Crippen molar-refractivity contribution in [3.8, 4) is 0 Å². The molecule has 1 heterocycles. The molecule has 0 aliphatic rings. The molecule has 0 spiro atoms. The summed E-state index contributed by atoms with van der Waals surface area (Å²) in [5.74, 6) is 0. The lowest BCUT2D eigenvalue weighted by Crippen LogP contribution is -2.50. The van der Waals surface area contributed by atoms with Crippen molar-refractivity contribution in [2.45, 2.75) is 31.5 Å². The number of nitrogens with one attached hydrogen (secondary N) is 1. The van der Waals surface area contributed by atoms with Gasteiger partial charge in [0.1, 0.15) is 6.61 Å². The molecule has 140 valence electrons. The Hall–Kier alpha value is -2.70. The average molecular weight is 382 g/mol. The molecule has 3 aromatic rings. The van der Waals surface area contributed by atoms with Crippen LogP contribution < -0.4 is 11.1 Å². The Morgan fingerprint density at radius 1 is 1.04 bits per heavy atom. The Morgan fingerprint density at radius 3 is 2.26 bits per heavy atom. The molecule has 0 aliphatic heterocycles. The molecule has 1 aromatic heterocycles. The quantitative estimate of drug-likeness (QED) is 0.626. The predicted octanol–water partition coefficient (Wildman–Crippen LogP) is 3.55. The fourth-order valence-corrected chi connectivity index (χ4v) is 3.35. The first-order valence-electron chi connectivity index (χ1n) is 8.85. The maximum Gasteiger partial charge on any atom is 0.407 e. The molecular weight excluding hydrogens is 358 g/mol. The average Bonchev–Trinajstić information content (AvgIpc) is 3.21. The molecular formula is C21H23N3O2S. The number of ether oxygens (including phenoxy) is 1. The fourth-order valence-electron chi connectivity index (χ4n) is 2.85. The predicted molar refractivity (Wildman–Crippen MR) is 107 cm³/mol. The van der Waals surface area contributed by atoms with E-state index in [0.29, 0.717) is 12.8 Å². The van der Waals surface area contributed by atoms with Gasteiger partial charge in [0.2, 0.25) is 0 Å². The number of rotatable bonds is 8. The Morgan fingerprint density at radius 2 is 1.67 bits per heavy atom. The lowest BCUT2D eigenvalue weighted by atomic mass is 9.95. The summed E-state index contributed by atoms with van der Waals surface area (Å²) < 4.78 is 5.32. The first kappa shape index (κ1) is 19.1. The van der Waals surface area contributed by atoms with Crippen LogP contribution in [0, 0.1) is 0 Å². The van der Waals surface area contributed by atoms with E-state index in [1.807, 2.05) is 60.7 Å². The van der Waals surface area contributed by atoms with E-state index in [2.05, 4.69) is 10.3 Å². The van der Waals surface area contributed by atoms with Gasteiger partial charge in [-0.05, 0) is 24.0 Å². The monoisotopic (exact) mass is 381 g/mol. The maximum atomic E-state index is 12.3. The summed E-state index contributed by atoms with van der Waals surface area (Å²) in [6.45, 7) is 0.211. The highest BCUT2D eigenvalue weighted by molar-refractivity contribution is 7.09. The van der Waals surface area contributed by atoms with E-state index < -0.39 is 6.09 Å². The highest BCUT2D eigenvalue weighted by Crippen LogP contribution is 2.11. The van der Waals surface area contributed by atoms with Crippen LogP contribution in [0.1, 0.15) is 16.0 Å². The van der Waals surface area contributed by atoms with Crippen LogP contribution >= 0.6 is 11.3 Å². The molecule has 1 amide bonds. The number of aromatic nitrogens is 1. The third-order valence-electron chi connectivity index (χ3n) is 4.26. The van der Waals surface area contributed by atoms with Crippen molar-refractivity contribution < 1.29 is 9.53 Å². The molecule has 2 atom stereocenters. The minimum atomic E-state index is -0.465. The van der Waals surface area contributed by atoms with E-state index in [0.717, 1.165) is 16.0 Å². The van der Waals surface area contributed by atoms with Crippen LogP contribution in [0.3, 0.4) is 0 Å². The van der Waals surface area contributed by atoms with Crippen molar-refractivity contribution in [1.29, 1.82) is 0 Å². The van der Waals surface area contributed by atoms with Gasteiger partial charge in [0.25, 0.3) is 0 Å². The summed E-state index contributed by atoms with van der Waals surface area (Å²) in [5.41, 5.74) is 10.4. The normalized spacial score (nSPS) is 12.9. The first-order valence-corrected chi connectivity index (χ1v) is 9.73. The molecule has 0 radical (unpaired) electrons. The van der Waals surface area contributed by atoms with Crippen molar-refractivity contribution in [3.63, 3.8) is 0 Å². The molecule has 0 bridgehead atoms. The van der Waals surface area contributed by atoms with Gasteiger partial charge in [0.15, 0.2) is 0 Å². The molecule has 3 N–H and O–H groups in total. The Balaban J connectivity index is 1.63. The highest BCUT2D eigenvalue weighted by atomic mass is 32.1. The zero-order valence-corrected chi connectivity index (χ0v) is 15.8. The minimum Gasteiger partial charge on any atom is -0.444 e. The summed E-state index contributed by atoms with van der Waals surface area (Å²) in [5, 5.41) is 2.95. The second kappa shape index (κ2) is 9.85. The zero-order chi connectivity index (χ0) is 18.9. The topological polar surface area (TPSA) is 77.2 Å². The van der Waals surface area contributed by atoms with Crippen molar-refractivity contribution in [3.05, 3.63) is 88.4 Å². The van der Waals surface area contributed by atoms with E-state index in [1.54, 1.807) is 11.7 Å². The number of alkyl carbamates (subject to hydrolysis) is 1. The first-order chi connectivity index (χ1) is 13.2. The van der Waals surface area contributed by atoms with Gasteiger partial charge >= 0.3 is 6.09 Å². The lowest BCUT2D eigenvalue weighted by molar-refractivity contribution is 0.135. The van der Waals surface area contributed by atoms with Crippen LogP contribution in [0.15, 0.2) is 72.4 Å². The molecule has 6 heteroatoms. The summed E-state index contributed by atoms with van der Waals surface area (Å²) in [7, 11) is 0. The number of nitrogens with two attached hydrogens (primary N) is 1. The van der Waals surface area contributed by atoms with Crippen molar-refractivity contribution in [2.75, 3.05) is 0 Å². The second-order valence-electron chi connectivity index (χ2n) is 6.34. The number of thiazole rings is 1. The number of carbonyl (C=O) groups is 1. The maximum absolute atomic E-state index is 12.3. The summed E-state index contributed by atoms with van der Waals surface area (Å²) in [4.78, 5) is 17.2. The largest absolute Gasteiger partial charge is 0.444 e. The Bertz CT molecular complexity index is 810. The van der Waals surface area contributed by atoms with Gasteiger partial charge in [0.05, 0.1) is 16.4 Å². The number of hydrogen-bond acceptors (Lipinski definition) is 5. The van der Waals surface area contributed by atoms with E-state index in [1.165, 1.54) is 11.3 Å². The summed E-state index contributed by atoms with van der Waals surface area (Å²) >= 11 is 1.45. The van der Waals surface area contributed by atoms with Crippen molar-refractivity contribution in [1.82, 2.24) is 10.3 Å². The summed E-state index contributed by atoms with van der Waals surface area (Å²) in [6.07, 6.45) is 2.55. The number of amides is 1. The van der Waals surface area contributed by atoms with Gasteiger partial charge in [-0.3, -0.25) is 4.98 Å². The van der Waals surface area contributed by atoms with E-state index in [4.69, 9.17) is 10.5 Å². The molecule has 27 heavy (non-hydrogen) atoms. The van der Waals surface area contributed by atoms with Crippen molar-refractivity contribution in [2.24, 2.45) is 5.73 Å². The van der Waals surface area contributed by atoms with E-state index >= 15 is 0 Å². The number of hydrogen-bond donors (Lipinski definition) is 2. The molecule has 3 rings (SSSR count). The van der Waals surface area contributed by atoms with Crippen LogP contribution in [0.5, 0.6) is 0 Å². The number of nitrogens with zero attached hydrogens (tertiary/aromatic N) is 1. The van der Waals surface area contributed by atoms with Gasteiger partial charge in [-0.1, -0.05) is 60.7 Å². The molecule has 0 unspecified atom stereocenters. The number of carbonyl (C=O) groups excluding carboxylic acids is 1. The Labute approximate surface area is 163 Å². The smallest absolute Gasteiger partial charge is 0.407 e. The molecule has 0 saturated carbocycles. The molecule has 5 nitrogen and oxygen atoms in total. The fraction of sp³-hybridized carbons (Fsp3) is 0.238. The molecule has 0 saturated heterocycles. The lowest BCUT2D eigenvalue weighted by Gasteiger charge is -2.25. The van der Waals surface area contributed by atoms with Crippen LogP contribution in [0.4, 0.5) is 4.79 Å². The van der Waals surface area contributed by atoms with Crippen LogP contribution in [0.25, 0.3) is 0 Å². The molecule has 0 fully saturated rings. The molecule has 2 aromatic carbocycles. The standard InChI is InChI=1S/C21H23N3O2S/c22-19(11-16-7-3-1-4-8-16)20(12-17-9-5-2-6-10-17)24-21(25)26-14-18-13-23-15-27-18/h1-10,13,15,19-20H,11-12,14,22H2,(H,24,25)/t19-,20-/m0/s1. The third-order valence-corrected chi connectivity index (χ3v) is 5.01. The Kier molecular flexibility index (Phi) is 6.96. The van der Waals surface area contributed by atoms with Gasteiger partial charge in [-0.2, -0.15) is 0 Å². The minimum absolute atomic E-state index is 0.211. The zero-order valence-electron chi connectivity index (χ0n) is 15.0. The van der Waals surface area contributed by atoms with Crippen LogP contribution in [-0.4, -0.2) is 23.2 Å². The second-order valence-corrected chi connectivity index (χ2v) is 7.31. The van der Waals surface area contributed by atoms with Gasteiger partial charge in [-0.25, -0.2) is 4.79 Å².